The summed E-state index contributed by atoms with van der Waals surface area (Å²) < 4.78 is 10.8. The summed E-state index contributed by atoms with van der Waals surface area (Å²) >= 11 is 1.49. The Morgan fingerprint density at radius 2 is 1.33 bits per heavy atom. The van der Waals surface area contributed by atoms with Gasteiger partial charge in [-0.15, -0.1) is 0 Å². The van der Waals surface area contributed by atoms with Crippen molar-refractivity contribution in [2.24, 2.45) is 0 Å². The monoisotopic (exact) mass is 667 g/mol. The first-order valence-corrected chi connectivity index (χ1v) is 17.4. The van der Waals surface area contributed by atoms with Gasteiger partial charge in [0.1, 0.15) is 16.9 Å². The number of nitrogens with one attached hydrogen (secondary N) is 3. The zero-order chi connectivity index (χ0) is 33.9. The van der Waals surface area contributed by atoms with Crippen molar-refractivity contribution in [1.82, 2.24) is 38.7 Å². The number of hydrogen-bond donors (Lipinski definition) is 3. The predicted molar refractivity (Wildman–Crippen MR) is 192 cm³/mol. The molecule has 0 aliphatic heterocycles. The van der Waals surface area contributed by atoms with E-state index in [4.69, 9.17) is 9.97 Å². The smallest absolute Gasteiger partial charge is 0.276 e. The summed E-state index contributed by atoms with van der Waals surface area (Å²) in [6.45, 7) is 12.1. The Kier molecular flexibility index (Phi) is 9.53. The van der Waals surface area contributed by atoms with E-state index >= 15 is 0 Å². The second-order valence-corrected chi connectivity index (χ2v) is 12.3. The molecule has 14 heteroatoms. The lowest BCUT2D eigenvalue weighted by molar-refractivity contribution is 0.100. The van der Waals surface area contributed by atoms with Crippen LogP contribution in [0.25, 0.3) is 22.1 Å². The largest absolute Gasteiger partial charge is 0.328 e. The van der Waals surface area contributed by atoms with Crippen molar-refractivity contribution >= 4 is 63.4 Å². The highest BCUT2D eigenvalue weighted by molar-refractivity contribution is 7.99. The molecule has 0 aliphatic carbocycles. The molecule has 4 aromatic heterocycles. The van der Waals surface area contributed by atoms with E-state index in [0.717, 1.165) is 57.5 Å². The molecule has 0 radical (unpaired) electrons. The van der Waals surface area contributed by atoms with Gasteiger partial charge >= 0.3 is 0 Å². The number of anilines is 3. The van der Waals surface area contributed by atoms with Crippen molar-refractivity contribution < 1.29 is 9.59 Å². The van der Waals surface area contributed by atoms with E-state index in [1.54, 1.807) is 21.5 Å². The number of aromatic nitrogens is 8. The van der Waals surface area contributed by atoms with Gasteiger partial charge in [0.2, 0.25) is 11.9 Å². The molecular weight excluding hydrogens is 627 g/mol. The minimum absolute atomic E-state index is 0.245. The molecule has 0 bridgehead atoms. The van der Waals surface area contributed by atoms with E-state index in [9.17, 15) is 9.59 Å². The number of rotatable bonds is 13. The summed E-state index contributed by atoms with van der Waals surface area (Å²) in [6, 6.07) is 15.7. The van der Waals surface area contributed by atoms with E-state index in [1.165, 1.54) is 11.9 Å². The molecule has 13 nitrogen and oxygen atoms in total. The third kappa shape index (κ3) is 6.52. The summed E-state index contributed by atoms with van der Waals surface area (Å²) in [5.41, 5.74) is 8.02. The number of carbonyl (C=O) groups is 2. The van der Waals surface area contributed by atoms with Gasteiger partial charge in [-0.2, -0.15) is 10.2 Å². The number of benzene rings is 2. The number of para-hydroxylation sites is 1. The molecule has 0 unspecified atom stereocenters. The van der Waals surface area contributed by atoms with Gasteiger partial charge < -0.3 is 13.9 Å². The number of unbranched alkanes of at least 4 members (excludes halogenated alkanes) is 1. The summed E-state index contributed by atoms with van der Waals surface area (Å²) in [5, 5.41) is 15.0. The maximum Gasteiger partial charge on any atom is 0.276 e. The topological polar surface area (TPSA) is 142 Å². The van der Waals surface area contributed by atoms with Gasteiger partial charge in [-0.25, -0.2) is 9.97 Å². The third-order valence-electron chi connectivity index (χ3n) is 8.23. The fourth-order valence-electron chi connectivity index (χ4n) is 6.03. The van der Waals surface area contributed by atoms with Gasteiger partial charge in [0.05, 0.1) is 33.6 Å². The van der Waals surface area contributed by atoms with Gasteiger partial charge in [-0.3, -0.25) is 29.6 Å². The fourth-order valence-corrected chi connectivity index (χ4v) is 6.42. The molecule has 0 spiro atoms. The van der Waals surface area contributed by atoms with Crippen molar-refractivity contribution in [2.75, 3.05) is 21.6 Å². The Morgan fingerprint density at radius 1 is 0.750 bits per heavy atom. The highest BCUT2D eigenvalue weighted by atomic mass is 32.2. The third-order valence-corrected chi connectivity index (χ3v) is 8.65. The van der Waals surface area contributed by atoms with Crippen LogP contribution in [0.4, 0.5) is 17.6 Å². The lowest BCUT2D eigenvalue weighted by Crippen LogP contribution is -2.20. The quantitative estimate of drug-likeness (QED) is 0.0947. The molecule has 0 saturated carbocycles. The standard InChI is InChI=1S/C34H41N11O2S/c1-7-44-28(19-22(4)39-44)31(46)37-33-35-25-18-21(3)14-15-26(25)42(33)16-9-10-17-43-27-13-11-12-24(41-48-6)30(27)36-34(43)38-32(47)29-20-23(5)40-45(29)8-2/h11-15,18-20,41H,7-10,16-17H2,1-6H3,(H,35,37,46)(H,36,38,47). The van der Waals surface area contributed by atoms with Gasteiger partial charge in [-0.1, -0.05) is 24.1 Å². The summed E-state index contributed by atoms with van der Waals surface area (Å²) in [5.74, 6) is 0.476. The molecule has 2 amide bonds. The lowest BCUT2D eigenvalue weighted by Gasteiger charge is -2.13. The van der Waals surface area contributed by atoms with Crippen LogP contribution in [-0.4, -0.2) is 56.7 Å². The predicted octanol–water partition coefficient (Wildman–Crippen LogP) is 6.42. The van der Waals surface area contributed by atoms with Crippen LogP contribution in [-0.2, 0) is 26.2 Å². The number of fused-ring (bicyclic) bond motifs is 2. The second kappa shape index (κ2) is 13.9. The number of nitrogens with zero attached hydrogens (tertiary/aromatic N) is 8. The highest BCUT2D eigenvalue weighted by Gasteiger charge is 2.21. The van der Waals surface area contributed by atoms with Crippen LogP contribution in [0.1, 0.15) is 64.6 Å². The first kappa shape index (κ1) is 32.8. The molecule has 3 N–H and O–H groups in total. The Hall–Kier alpha value is -5.11. The minimum Gasteiger partial charge on any atom is -0.328 e. The highest BCUT2D eigenvalue weighted by Crippen LogP contribution is 2.29. The number of hydrogen-bond acceptors (Lipinski definition) is 8. The van der Waals surface area contributed by atoms with Crippen LogP contribution >= 0.6 is 11.9 Å². The van der Waals surface area contributed by atoms with E-state index in [-0.39, 0.29) is 11.8 Å². The average Bonchev–Trinajstić information content (AvgIpc) is 3.82. The van der Waals surface area contributed by atoms with E-state index in [0.29, 0.717) is 49.5 Å². The molecule has 0 aliphatic rings. The number of aryl methyl sites for hydroxylation is 7. The number of imidazole rings is 2. The fraction of sp³-hybridized carbons (Fsp3) is 0.353. The maximum absolute atomic E-state index is 13.5. The van der Waals surface area contributed by atoms with Gasteiger partial charge in [0.25, 0.3) is 11.8 Å². The zero-order valence-corrected chi connectivity index (χ0v) is 29.0. The summed E-state index contributed by atoms with van der Waals surface area (Å²) in [7, 11) is 0. The van der Waals surface area contributed by atoms with Crippen LogP contribution in [0.3, 0.4) is 0 Å². The van der Waals surface area contributed by atoms with Crippen molar-refractivity contribution in [3.63, 3.8) is 0 Å². The molecule has 6 rings (SSSR count). The molecular formula is C34H41N11O2S. The Balaban J connectivity index is 1.25. The SMILES string of the molecule is CCn1nc(C)cc1C(=O)Nc1nc2cc(C)ccc2n1CCCCn1c(NC(=O)c2cc(C)nn2CC)nc2c(NSC)cccc21. The Bertz CT molecular complexity index is 2120. The Morgan fingerprint density at radius 3 is 1.92 bits per heavy atom. The summed E-state index contributed by atoms with van der Waals surface area (Å²) in [6.07, 6.45) is 3.52. The maximum atomic E-state index is 13.5. The van der Waals surface area contributed by atoms with Crippen molar-refractivity contribution in [3.05, 3.63) is 76.9 Å². The molecule has 2 aromatic carbocycles. The van der Waals surface area contributed by atoms with Crippen molar-refractivity contribution in [2.45, 2.75) is 73.6 Å². The molecule has 6 aromatic rings. The van der Waals surface area contributed by atoms with E-state index in [2.05, 4.69) is 40.8 Å². The normalized spacial score (nSPS) is 11.5. The van der Waals surface area contributed by atoms with Crippen LogP contribution in [0.5, 0.6) is 0 Å². The molecule has 0 atom stereocenters. The van der Waals surface area contributed by atoms with Gasteiger partial charge in [-0.05, 0) is 89.4 Å². The summed E-state index contributed by atoms with van der Waals surface area (Å²) in [4.78, 5) is 36.5. The Labute approximate surface area is 283 Å². The zero-order valence-electron chi connectivity index (χ0n) is 28.2. The van der Waals surface area contributed by atoms with Crippen LogP contribution < -0.4 is 15.4 Å². The first-order valence-electron chi connectivity index (χ1n) is 16.2. The van der Waals surface area contributed by atoms with Crippen LogP contribution in [0.15, 0.2) is 48.5 Å². The molecule has 0 fully saturated rings. The average molecular weight is 668 g/mol. The van der Waals surface area contributed by atoms with E-state index < -0.39 is 0 Å². The minimum atomic E-state index is -0.256. The number of amides is 2. The van der Waals surface area contributed by atoms with Gasteiger partial charge in [0.15, 0.2) is 0 Å². The number of carbonyl (C=O) groups excluding carboxylic acids is 2. The molecule has 250 valence electrons. The molecule has 48 heavy (non-hydrogen) atoms. The molecule has 4 heterocycles. The first-order chi connectivity index (χ1) is 23.2. The van der Waals surface area contributed by atoms with E-state index in [1.807, 2.05) is 71.2 Å². The van der Waals surface area contributed by atoms with Crippen molar-refractivity contribution in [3.8, 4) is 0 Å². The van der Waals surface area contributed by atoms with Gasteiger partial charge in [0, 0.05) is 32.4 Å². The van der Waals surface area contributed by atoms with Crippen LogP contribution in [0, 0.1) is 20.8 Å². The second-order valence-electron chi connectivity index (χ2n) is 11.7. The lowest BCUT2D eigenvalue weighted by atomic mass is 10.2. The van der Waals surface area contributed by atoms with Crippen molar-refractivity contribution in [1.29, 1.82) is 0 Å². The molecule has 0 saturated heterocycles. The van der Waals surface area contributed by atoms with Crippen LogP contribution in [0.2, 0.25) is 0 Å².